The van der Waals surface area contributed by atoms with Gasteiger partial charge in [0.05, 0.1) is 23.6 Å². The Hall–Kier alpha value is -5.34. The number of halogens is 1. The molecule has 1 amide bonds. The van der Waals surface area contributed by atoms with Crippen LogP contribution in [0.25, 0.3) is 6.08 Å². The van der Waals surface area contributed by atoms with Crippen LogP contribution in [0.4, 0.5) is 11.4 Å². The van der Waals surface area contributed by atoms with Crippen LogP contribution in [0.5, 0.6) is 23.0 Å². The lowest BCUT2D eigenvalue weighted by atomic mass is 10.1. The number of non-ortho nitro benzene ring substituents is 1. The average Bonchev–Trinajstić information content (AvgIpc) is 3.02. The van der Waals surface area contributed by atoms with Crippen LogP contribution in [-0.4, -0.2) is 25.1 Å². The number of hydrogen-bond donors (Lipinski definition) is 1. The van der Waals surface area contributed by atoms with Crippen molar-refractivity contribution in [1.82, 2.24) is 0 Å². The molecule has 0 saturated heterocycles. The topological polar surface area (TPSA) is 133 Å². The Kier molecular flexibility index (Phi) is 10.3. The fourth-order valence-electron chi connectivity index (χ4n) is 3.99. The van der Waals surface area contributed by atoms with Gasteiger partial charge < -0.3 is 24.3 Å². The number of nitrogens with zero attached hydrogens (tertiary/aromatic N) is 2. The minimum Gasteiger partial charge on any atom is -0.493 e. The molecule has 0 aromatic heterocycles. The lowest BCUT2D eigenvalue weighted by molar-refractivity contribution is -0.384. The van der Waals surface area contributed by atoms with Crippen LogP contribution in [0.2, 0.25) is 0 Å². The second-order valence-electron chi connectivity index (χ2n) is 9.01. The Labute approximate surface area is 256 Å². The zero-order valence-electron chi connectivity index (χ0n) is 23.2. The SMILES string of the molecule is COc1cc(COc2c(Br)cc(/C=C(/C#N)C(=O)Nc3cccc([N+](=O)[O-])c3)cc2OC)ccc1OCc1ccccc1. The quantitative estimate of drug-likeness (QED) is 0.0749. The first-order valence-electron chi connectivity index (χ1n) is 12.8. The second kappa shape index (κ2) is 14.5. The van der Waals surface area contributed by atoms with Gasteiger partial charge in [0.15, 0.2) is 23.0 Å². The van der Waals surface area contributed by atoms with Crippen molar-refractivity contribution in [2.24, 2.45) is 0 Å². The van der Waals surface area contributed by atoms with Gasteiger partial charge in [-0.05, 0) is 69.0 Å². The molecule has 0 saturated carbocycles. The number of rotatable bonds is 12. The number of nitrogens with one attached hydrogen (secondary N) is 1. The van der Waals surface area contributed by atoms with Crippen molar-refractivity contribution in [3.63, 3.8) is 0 Å². The molecule has 0 bridgehead atoms. The minimum atomic E-state index is -0.719. The van der Waals surface area contributed by atoms with E-state index >= 15 is 0 Å². The first-order chi connectivity index (χ1) is 20.8. The number of carbonyl (C=O) groups excluding carboxylic acids is 1. The van der Waals surface area contributed by atoms with E-state index in [1.807, 2.05) is 54.6 Å². The lowest BCUT2D eigenvalue weighted by Crippen LogP contribution is -2.13. The largest absolute Gasteiger partial charge is 0.493 e. The summed E-state index contributed by atoms with van der Waals surface area (Å²) in [6.07, 6.45) is 1.38. The fourth-order valence-corrected chi connectivity index (χ4v) is 4.56. The normalized spacial score (nSPS) is 10.8. The number of methoxy groups -OCH3 is 2. The van der Waals surface area contributed by atoms with Crippen molar-refractivity contribution in [3.05, 3.63) is 122 Å². The molecular formula is C32H26BrN3O7. The molecule has 218 valence electrons. The van der Waals surface area contributed by atoms with E-state index in [-0.39, 0.29) is 23.6 Å². The molecule has 0 aliphatic carbocycles. The molecule has 0 fully saturated rings. The van der Waals surface area contributed by atoms with Crippen LogP contribution in [0.1, 0.15) is 16.7 Å². The average molecular weight is 644 g/mol. The van der Waals surface area contributed by atoms with Crippen LogP contribution in [0.3, 0.4) is 0 Å². The maximum Gasteiger partial charge on any atom is 0.271 e. The van der Waals surface area contributed by atoms with Gasteiger partial charge in [-0.3, -0.25) is 14.9 Å². The minimum absolute atomic E-state index is 0.185. The smallest absolute Gasteiger partial charge is 0.271 e. The standard InChI is InChI=1S/C32H26BrN3O7/c1-40-29-15-22(11-12-28(29)42-19-21-7-4-3-5-8-21)20-43-31-27(33)14-23(16-30(31)41-2)13-24(18-34)32(37)35-25-9-6-10-26(17-25)36(38)39/h3-17H,19-20H2,1-2H3,(H,35,37)/b24-13-. The number of ether oxygens (including phenoxy) is 4. The summed E-state index contributed by atoms with van der Waals surface area (Å²) in [6, 6.07) is 26.0. The van der Waals surface area contributed by atoms with Gasteiger partial charge >= 0.3 is 0 Å². The molecule has 0 aliphatic rings. The third-order valence-electron chi connectivity index (χ3n) is 6.09. The van der Waals surface area contributed by atoms with Crippen LogP contribution < -0.4 is 24.3 Å². The summed E-state index contributed by atoms with van der Waals surface area (Å²) in [6.45, 7) is 0.594. The van der Waals surface area contributed by atoms with Gasteiger partial charge in [0.25, 0.3) is 11.6 Å². The van der Waals surface area contributed by atoms with Crippen molar-refractivity contribution in [3.8, 4) is 29.1 Å². The molecule has 0 atom stereocenters. The van der Waals surface area contributed by atoms with Crippen molar-refractivity contribution in [2.45, 2.75) is 13.2 Å². The van der Waals surface area contributed by atoms with Crippen LogP contribution in [0.15, 0.2) is 95.0 Å². The van der Waals surface area contributed by atoms with E-state index in [1.165, 1.54) is 37.5 Å². The summed E-state index contributed by atoms with van der Waals surface area (Å²) in [5.74, 6) is 1.24. The highest BCUT2D eigenvalue weighted by Crippen LogP contribution is 2.38. The van der Waals surface area contributed by atoms with Crippen LogP contribution >= 0.6 is 15.9 Å². The Morgan fingerprint density at radius 1 is 0.907 bits per heavy atom. The van der Waals surface area contributed by atoms with Crippen molar-refractivity contribution in [1.29, 1.82) is 5.26 Å². The first-order valence-corrected chi connectivity index (χ1v) is 13.6. The molecule has 0 unspecified atom stereocenters. The Bertz CT molecular complexity index is 1700. The summed E-state index contributed by atoms with van der Waals surface area (Å²) in [5, 5.41) is 23.1. The highest BCUT2D eigenvalue weighted by Gasteiger charge is 2.16. The monoisotopic (exact) mass is 643 g/mol. The van der Waals surface area contributed by atoms with Gasteiger partial charge in [0.1, 0.15) is 24.9 Å². The highest BCUT2D eigenvalue weighted by molar-refractivity contribution is 9.10. The van der Waals surface area contributed by atoms with E-state index < -0.39 is 10.8 Å². The van der Waals surface area contributed by atoms with E-state index in [0.29, 0.717) is 39.6 Å². The second-order valence-corrected chi connectivity index (χ2v) is 9.87. The fraction of sp³-hybridized carbons (Fsp3) is 0.125. The number of nitro groups is 1. The molecule has 0 heterocycles. The zero-order valence-corrected chi connectivity index (χ0v) is 24.8. The summed E-state index contributed by atoms with van der Waals surface area (Å²) < 4.78 is 23.6. The Morgan fingerprint density at radius 3 is 2.35 bits per heavy atom. The molecule has 4 aromatic rings. The predicted molar refractivity (Wildman–Crippen MR) is 164 cm³/mol. The van der Waals surface area contributed by atoms with Gasteiger partial charge in [0, 0.05) is 17.8 Å². The Morgan fingerprint density at radius 2 is 1.65 bits per heavy atom. The molecule has 10 nitrogen and oxygen atoms in total. The summed E-state index contributed by atoms with van der Waals surface area (Å²) in [7, 11) is 3.05. The van der Waals surface area contributed by atoms with Gasteiger partial charge in [-0.1, -0.05) is 42.5 Å². The van der Waals surface area contributed by atoms with Crippen molar-refractivity contribution < 1.29 is 28.7 Å². The van der Waals surface area contributed by atoms with Gasteiger partial charge in [-0.2, -0.15) is 5.26 Å². The third kappa shape index (κ3) is 8.12. The third-order valence-corrected chi connectivity index (χ3v) is 6.68. The van der Waals surface area contributed by atoms with E-state index in [9.17, 15) is 20.2 Å². The van der Waals surface area contributed by atoms with Crippen LogP contribution in [-0.2, 0) is 18.0 Å². The number of benzene rings is 4. The highest BCUT2D eigenvalue weighted by atomic mass is 79.9. The summed E-state index contributed by atoms with van der Waals surface area (Å²) in [4.78, 5) is 23.2. The molecule has 1 N–H and O–H groups in total. The van der Waals surface area contributed by atoms with Gasteiger partial charge in [-0.25, -0.2) is 0 Å². The van der Waals surface area contributed by atoms with Crippen molar-refractivity contribution in [2.75, 3.05) is 19.5 Å². The lowest BCUT2D eigenvalue weighted by Gasteiger charge is -2.15. The van der Waals surface area contributed by atoms with E-state index in [0.717, 1.165) is 11.1 Å². The summed E-state index contributed by atoms with van der Waals surface area (Å²) in [5.41, 5.74) is 2.15. The predicted octanol–water partition coefficient (Wildman–Crippen LogP) is 7.08. The maximum atomic E-state index is 12.7. The molecule has 0 radical (unpaired) electrons. The van der Waals surface area contributed by atoms with E-state index in [1.54, 1.807) is 19.2 Å². The van der Waals surface area contributed by atoms with Crippen molar-refractivity contribution >= 4 is 39.3 Å². The molecule has 0 spiro atoms. The molecule has 4 rings (SSSR count). The maximum absolute atomic E-state index is 12.7. The van der Waals surface area contributed by atoms with Gasteiger partial charge in [-0.15, -0.1) is 0 Å². The van der Waals surface area contributed by atoms with E-state index in [4.69, 9.17) is 18.9 Å². The summed E-state index contributed by atoms with van der Waals surface area (Å²) >= 11 is 3.49. The molecule has 0 aliphatic heterocycles. The number of anilines is 1. The molecule has 4 aromatic carbocycles. The molecule has 43 heavy (non-hydrogen) atoms. The number of nitriles is 1. The molecular weight excluding hydrogens is 618 g/mol. The number of nitro benzene ring substituents is 1. The van der Waals surface area contributed by atoms with E-state index in [2.05, 4.69) is 21.2 Å². The first kappa shape index (κ1) is 30.6. The number of amides is 1. The Balaban J connectivity index is 1.47. The van der Waals surface area contributed by atoms with Crippen LogP contribution in [0, 0.1) is 21.4 Å². The number of carbonyl (C=O) groups is 1. The molecule has 11 heteroatoms. The number of hydrogen-bond acceptors (Lipinski definition) is 8. The zero-order chi connectivity index (χ0) is 30.8. The van der Waals surface area contributed by atoms with Gasteiger partial charge in [0.2, 0.25) is 0 Å².